The smallest absolute Gasteiger partial charge is 0.251 e. The van der Waals surface area contributed by atoms with Crippen molar-refractivity contribution >= 4 is 23.4 Å². The number of likely N-dealkylation sites (tertiary alicyclic amines) is 1. The summed E-state index contributed by atoms with van der Waals surface area (Å²) in [7, 11) is 0. The third kappa shape index (κ3) is 5.26. The first-order valence-corrected chi connectivity index (χ1v) is 10.5. The highest BCUT2D eigenvalue weighted by Gasteiger charge is 2.32. The molecule has 30 heavy (non-hydrogen) atoms. The number of rotatable bonds is 7. The highest BCUT2D eigenvalue weighted by molar-refractivity contribution is 5.98. The third-order valence-corrected chi connectivity index (χ3v) is 5.43. The zero-order valence-corrected chi connectivity index (χ0v) is 17.6. The van der Waals surface area contributed by atoms with Crippen LogP contribution in [0.2, 0.25) is 0 Å². The van der Waals surface area contributed by atoms with Crippen LogP contribution in [-0.2, 0) is 20.9 Å². The number of nitrogens with one attached hydrogen (secondary N) is 1. The minimum Gasteiger partial charge on any atom is -0.339 e. The Labute approximate surface area is 177 Å². The molecular weight excluding hydrogens is 378 g/mol. The van der Waals surface area contributed by atoms with Crippen LogP contribution >= 0.6 is 0 Å². The topological polar surface area (TPSA) is 69.7 Å². The Balaban J connectivity index is 1.81. The molecule has 0 radical (unpaired) electrons. The SMILES string of the molecule is CCN(Cc1cccc(NC(=O)C(c2ccccc2)N2CCCCC2=O)c1)C(C)=O. The summed E-state index contributed by atoms with van der Waals surface area (Å²) in [6.45, 7) is 5.18. The maximum absolute atomic E-state index is 13.3. The fourth-order valence-electron chi connectivity index (χ4n) is 3.83. The molecular formula is C24H29N3O3. The van der Waals surface area contributed by atoms with E-state index in [0.717, 1.165) is 24.0 Å². The van der Waals surface area contributed by atoms with E-state index in [1.54, 1.807) is 16.7 Å². The molecule has 1 aliphatic heterocycles. The molecule has 1 heterocycles. The largest absolute Gasteiger partial charge is 0.339 e. The van der Waals surface area contributed by atoms with Gasteiger partial charge in [-0.2, -0.15) is 0 Å². The molecule has 2 aromatic carbocycles. The van der Waals surface area contributed by atoms with Gasteiger partial charge in [-0.25, -0.2) is 0 Å². The number of carbonyl (C=O) groups is 3. The predicted molar refractivity (Wildman–Crippen MR) is 117 cm³/mol. The second-order valence-electron chi connectivity index (χ2n) is 7.58. The van der Waals surface area contributed by atoms with Crippen molar-refractivity contribution in [3.8, 4) is 0 Å². The maximum Gasteiger partial charge on any atom is 0.251 e. The highest BCUT2D eigenvalue weighted by Crippen LogP contribution is 2.27. The summed E-state index contributed by atoms with van der Waals surface area (Å²) < 4.78 is 0. The Bertz CT molecular complexity index is 898. The van der Waals surface area contributed by atoms with Gasteiger partial charge in [0.2, 0.25) is 11.8 Å². The highest BCUT2D eigenvalue weighted by atomic mass is 16.2. The number of hydrogen-bond acceptors (Lipinski definition) is 3. The molecule has 0 saturated carbocycles. The quantitative estimate of drug-likeness (QED) is 0.760. The molecule has 0 aromatic heterocycles. The zero-order valence-electron chi connectivity index (χ0n) is 17.6. The summed E-state index contributed by atoms with van der Waals surface area (Å²) in [6, 6.07) is 16.3. The molecule has 3 amide bonds. The lowest BCUT2D eigenvalue weighted by atomic mass is 10.0. The lowest BCUT2D eigenvalue weighted by Crippen LogP contribution is -2.43. The van der Waals surface area contributed by atoms with E-state index in [9.17, 15) is 14.4 Å². The van der Waals surface area contributed by atoms with Crippen LogP contribution in [0.3, 0.4) is 0 Å². The van der Waals surface area contributed by atoms with Crippen molar-refractivity contribution in [2.45, 2.75) is 45.7 Å². The Morgan fingerprint density at radius 1 is 1.10 bits per heavy atom. The normalized spacial score (nSPS) is 14.9. The van der Waals surface area contributed by atoms with E-state index in [-0.39, 0.29) is 17.7 Å². The van der Waals surface area contributed by atoms with Crippen LogP contribution in [0.15, 0.2) is 54.6 Å². The van der Waals surface area contributed by atoms with E-state index in [1.807, 2.05) is 61.5 Å². The van der Waals surface area contributed by atoms with E-state index in [1.165, 1.54) is 0 Å². The van der Waals surface area contributed by atoms with Crippen molar-refractivity contribution in [3.63, 3.8) is 0 Å². The number of hydrogen-bond donors (Lipinski definition) is 1. The third-order valence-electron chi connectivity index (χ3n) is 5.43. The minimum atomic E-state index is -0.660. The van der Waals surface area contributed by atoms with Gasteiger partial charge in [-0.15, -0.1) is 0 Å². The van der Waals surface area contributed by atoms with Gasteiger partial charge in [0.05, 0.1) is 0 Å². The van der Waals surface area contributed by atoms with Gasteiger partial charge in [0.15, 0.2) is 0 Å². The van der Waals surface area contributed by atoms with Crippen LogP contribution in [0.5, 0.6) is 0 Å². The molecule has 0 spiro atoms. The minimum absolute atomic E-state index is 0.0130. The summed E-state index contributed by atoms with van der Waals surface area (Å²) in [4.78, 5) is 41.0. The number of nitrogens with zero attached hydrogens (tertiary/aromatic N) is 2. The van der Waals surface area contributed by atoms with Crippen LogP contribution in [-0.4, -0.2) is 40.6 Å². The van der Waals surface area contributed by atoms with E-state index in [4.69, 9.17) is 0 Å². The van der Waals surface area contributed by atoms with E-state index in [0.29, 0.717) is 31.7 Å². The summed E-state index contributed by atoms with van der Waals surface area (Å²) >= 11 is 0. The van der Waals surface area contributed by atoms with Crippen LogP contribution in [0.25, 0.3) is 0 Å². The summed E-state index contributed by atoms with van der Waals surface area (Å²) in [6.07, 6.45) is 2.24. The van der Waals surface area contributed by atoms with Gasteiger partial charge in [-0.1, -0.05) is 42.5 Å². The number of amides is 3. The van der Waals surface area contributed by atoms with Crippen LogP contribution in [0.4, 0.5) is 5.69 Å². The van der Waals surface area contributed by atoms with E-state index in [2.05, 4.69) is 5.32 Å². The molecule has 0 aliphatic carbocycles. The van der Waals surface area contributed by atoms with Gasteiger partial charge < -0.3 is 15.1 Å². The number of benzene rings is 2. The molecule has 1 aliphatic rings. The molecule has 6 nitrogen and oxygen atoms in total. The number of carbonyl (C=O) groups excluding carboxylic acids is 3. The monoisotopic (exact) mass is 407 g/mol. The van der Waals surface area contributed by atoms with Gasteiger partial charge in [0.25, 0.3) is 5.91 Å². The first kappa shape index (κ1) is 21.6. The summed E-state index contributed by atoms with van der Waals surface area (Å²) in [5.41, 5.74) is 2.40. The van der Waals surface area contributed by atoms with Gasteiger partial charge in [-0.05, 0) is 43.0 Å². The summed E-state index contributed by atoms with van der Waals surface area (Å²) in [5.74, 6) is -0.203. The van der Waals surface area contributed by atoms with Crippen molar-refractivity contribution in [2.75, 3.05) is 18.4 Å². The molecule has 3 rings (SSSR count). The molecule has 158 valence electrons. The maximum atomic E-state index is 13.3. The van der Waals surface area contributed by atoms with E-state index < -0.39 is 6.04 Å². The van der Waals surface area contributed by atoms with Crippen LogP contribution in [0.1, 0.15) is 50.3 Å². The van der Waals surface area contributed by atoms with Gasteiger partial charge >= 0.3 is 0 Å². The second-order valence-corrected chi connectivity index (χ2v) is 7.58. The van der Waals surface area contributed by atoms with Crippen molar-refractivity contribution in [1.29, 1.82) is 0 Å². The molecule has 1 unspecified atom stereocenters. The molecule has 1 atom stereocenters. The lowest BCUT2D eigenvalue weighted by Gasteiger charge is -2.34. The van der Waals surface area contributed by atoms with Crippen LogP contribution in [0, 0.1) is 0 Å². The lowest BCUT2D eigenvalue weighted by molar-refractivity contribution is -0.141. The number of anilines is 1. The van der Waals surface area contributed by atoms with E-state index >= 15 is 0 Å². The van der Waals surface area contributed by atoms with Gasteiger partial charge in [0, 0.05) is 38.7 Å². The standard InChI is InChI=1S/C24H29N3O3/c1-3-26(18(2)28)17-19-10-9-13-21(16-19)25-24(30)23(20-11-5-4-6-12-20)27-15-8-7-14-22(27)29/h4-6,9-13,16,23H,3,7-8,14-15,17H2,1-2H3,(H,25,30). The van der Waals surface area contributed by atoms with Crippen molar-refractivity contribution < 1.29 is 14.4 Å². The summed E-state index contributed by atoms with van der Waals surface area (Å²) in [5, 5.41) is 2.98. The van der Waals surface area contributed by atoms with Gasteiger partial charge in [0.1, 0.15) is 6.04 Å². The number of piperidine rings is 1. The fourth-order valence-corrected chi connectivity index (χ4v) is 3.83. The first-order valence-electron chi connectivity index (χ1n) is 10.5. The average Bonchev–Trinajstić information content (AvgIpc) is 2.74. The molecule has 6 heteroatoms. The molecule has 1 fully saturated rings. The Morgan fingerprint density at radius 2 is 1.87 bits per heavy atom. The van der Waals surface area contributed by atoms with Crippen LogP contribution < -0.4 is 5.32 Å². The van der Waals surface area contributed by atoms with Gasteiger partial charge in [-0.3, -0.25) is 14.4 Å². The fraction of sp³-hybridized carbons (Fsp3) is 0.375. The Hall–Kier alpha value is -3.15. The average molecular weight is 408 g/mol. The zero-order chi connectivity index (χ0) is 21.5. The molecule has 2 aromatic rings. The second kappa shape index (κ2) is 10.1. The Kier molecular flexibility index (Phi) is 7.22. The predicted octanol–water partition coefficient (Wildman–Crippen LogP) is 3.75. The van der Waals surface area contributed by atoms with Crippen molar-refractivity contribution in [2.24, 2.45) is 0 Å². The molecule has 0 bridgehead atoms. The molecule has 1 saturated heterocycles. The van der Waals surface area contributed by atoms with Crippen molar-refractivity contribution in [3.05, 3.63) is 65.7 Å². The molecule has 1 N–H and O–H groups in total. The Morgan fingerprint density at radius 3 is 2.53 bits per heavy atom. The van der Waals surface area contributed by atoms with Crippen molar-refractivity contribution in [1.82, 2.24) is 9.80 Å². The first-order chi connectivity index (χ1) is 14.5.